The van der Waals surface area contributed by atoms with Crippen LogP contribution in [0.2, 0.25) is 0 Å². The molecule has 0 saturated heterocycles. The second kappa shape index (κ2) is 31.4. The third kappa shape index (κ3) is 12.3. The molecule has 0 unspecified atom stereocenters. The molecule has 144 heavy (non-hydrogen) atoms. The molecule has 1 aliphatic rings. The molecule has 0 fully saturated rings. The first-order valence-corrected chi connectivity index (χ1v) is 52.4. The molecule has 5 nitrogen and oxygen atoms in total. The molecule has 0 aliphatic heterocycles. The van der Waals surface area contributed by atoms with E-state index < -0.39 is 0 Å². The molecule has 0 N–H and O–H groups in total. The normalized spacial score (nSPS) is 12.7. The Kier molecular flexibility index (Phi) is 17.8. The Balaban J connectivity index is 0.000000102. The molecule has 0 amide bonds. The molecule has 0 bridgehead atoms. The lowest BCUT2D eigenvalue weighted by Gasteiger charge is -2.26. The zero-order chi connectivity index (χ0) is 94.4. The van der Waals surface area contributed by atoms with Crippen molar-refractivity contribution >= 4 is 295 Å². The van der Waals surface area contributed by atoms with Crippen molar-refractivity contribution in [2.75, 3.05) is 4.90 Å². The molecule has 9 heteroatoms. The topological polar surface area (TPSA) is 55.8 Å². The highest BCUT2D eigenvalue weighted by Gasteiger charge is 2.37. The van der Waals surface area contributed by atoms with Gasteiger partial charge in [-0.15, -0.1) is 45.3 Å². The third-order valence-corrected chi connectivity index (χ3v) is 35.4. The number of hydrogen-bond acceptors (Lipinski definition) is 9. The highest BCUT2D eigenvalue weighted by Crippen LogP contribution is 2.57. The zero-order valence-corrected chi connectivity index (χ0v) is 81.1. The standard InChI is InChI=1S/C59H39NOS.C38H20O2S.C38H20OS2/c1-59(2)50-22-12-9-19-41(50)42-30-27-37(33-51(42)59)56-49-35-54-47(44-21-11-14-24-53(44)62-54)34-48(49)57-46(32-31-45-43-20-10-13-23-52(43)61-58(45)57)55(56)36-25-28-40(29-26-36)60(38-15-5-3-6-16-38)39-17-7-4-8-18-39;1-5-11-33-23(7-1)27-15-14-26-28(21-13-16-34-30(17-21)24-8-2-4-10-32(24)39-34)18-22-19-36-31(20-29(22)37(26)38(27)40-33)25-9-3-6-12-35(25)41-36;1-4-13-32-22(8-1)26-17-16-25-30(28-12-7-11-27-23-9-2-6-15-34(23)41-38(27)28)18-21-19-35-31(20-29(21)36(25)37(26)39-32)24-10-3-5-14-33(24)40-35/h3-35H,1-2H3;2*1-20H. The van der Waals surface area contributed by atoms with Gasteiger partial charge < -0.3 is 22.6 Å². The summed E-state index contributed by atoms with van der Waals surface area (Å²) in [4.78, 5) is 2.33. The first-order valence-electron chi connectivity index (χ1n) is 49.1. The van der Waals surface area contributed by atoms with Gasteiger partial charge in [0.1, 0.15) is 44.7 Å². The van der Waals surface area contributed by atoms with E-state index in [4.69, 9.17) is 17.7 Å². The molecule has 0 saturated carbocycles. The zero-order valence-electron chi connectivity index (χ0n) is 77.9. The van der Waals surface area contributed by atoms with Crippen molar-refractivity contribution in [2.45, 2.75) is 19.3 Å². The van der Waals surface area contributed by atoms with Crippen LogP contribution in [0.1, 0.15) is 25.0 Å². The van der Waals surface area contributed by atoms with Crippen LogP contribution in [0.25, 0.3) is 289 Å². The average molecular weight is 1910 g/mol. The Labute approximate surface area is 840 Å². The van der Waals surface area contributed by atoms with Crippen molar-refractivity contribution in [3.05, 3.63) is 454 Å². The van der Waals surface area contributed by atoms with Gasteiger partial charge in [0.25, 0.3) is 0 Å². The molecular weight excluding hydrogens is 1830 g/mol. The largest absolute Gasteiger partial charge is 0.456 e. The van der Waals surface area contributed by atoms with Gasteiger partial charge in [-0.1, -0.05) is 287 Å². The van der Waals surface area contributed by atoms with Crippen LogP contribution >= 0.6 is 45.3 Å². The van der Waals surface area contributed by atoms with Gasteiger partial charge in [-0.3, -0.25) is 0 Å². The Morgan fingerprint density at radius 3 is 1.12 bits per heavy atom. The van der Waals surface area contributed by atoms with Crippen molar-refractivity contribution in [3.8, 4) is 55.6 Å². The second-order valence-electron chi connectivity index (χ2n) is 38.9. The quantitative estimate of drug-likeness (QED) is 0.149. The van der Waals surface area contributed by atoms with Crippen LogP contribution in [0.5, 0.6) is 0 Å². The second-order valence-corrected chi connectivity index (χ2v) is 43.2. The van der Waals surface area contributed by atoms with E-state index in [0.717, 1.165) is 110 Å². The number of fused-ring (bicyclic) bond motifs is 39. The van der Waals surface area contributed by atoms with E-state index in [0.29, 0.717) is 0 Å². The molecule has 8 heterocycles. The van der Waals surface area contributed by atoms with E-state index >= 15 is 0 Å². The lowest BCUT2D eigenvalue weighted by Crippen LogP contribution is -2.14. The van der Waals surface area contributed by atoms with Crippen LogP contribution in [0.15, 0.2) is 461 Å². The first-order chi connectivity index (χ1) is 71.1. The number of rotatable bonds is 7. The van der Waals surface area contributed by atoms with Gasteiger partial charge in [0.2, 0.25) is 0 Å². The molecular formula is C135H79NO4S4. The van der Waals surface area contributed by atoms with Crippen LogP contribution in [0.4, 0.5) is 17.1 Å². The minimum atomic E-state index is -0.145. The van der Waals surface area contributed by atoms with Gasteiger partial charge in [0.05, 0.1) is 0 Å². The molecule has 8 aromatic heterocycles. The maximum Gasteiger partial charge on any atom is 0.143 e. The van der Waals surface area contributed by atoms with Gasteiger partial charge in [-0.05, 0) is 280 Å². The van der Waals surface area contributed by atoms with E-state index in [2.05, 4.69) is 443 Å². The number of nitrogens with zero attached hydrogens (tertiary/aromatic N) is 1. The highest BCUT2D eigenvalue weighted by molar-refractivity contribution is 7.27. The molecule has 1 aliphatic carbocycles. The van der Waals surface area contributed by atoms with E-state index in [1.165, 1.54) is 207 Å². The Morgan fingerprint density at radius 2 is 0.569 bits per heavy atom. The fourth-order valence-corrected chi connectivity index (χ4v) is 28.8. The van der Waals surface area contributed by atoms with E-state index in [-0.39, 0.29) is 5.41 Å². The predicted molar refractivity (Wildman–Crippen MR) is 619 cm³/mol. The molecule has 0 spiro atoms. The lowest BCUT2D eigenvalue weighted by molar-refractivity contribution is 0.660. The minimum Gasteiger partial charge on any atom is -0.456 e. The molecule has 24 aromatic carbocycles. The van der Waals surface area contributed by atoms with Crippen molar-refractivity contribution < 1.29 is 17.7 Å². The monoisotopic (exact) mass is 1910 g/mol. The third-order valence-electron chi connectivity index (χ3n) is 30.7. The number of hydrogen-bond donors (Lipinski definition) is 0. The van der Waals surface area contributed by atoms with Gasteiger partial charge >= 0.3 is 0 Å². The van der Waals surface area contributed by atoms with Crippen LogP contribution in [-0.4, -0.2) is 0 Å². The first kappa shape index (κ1) is 81.5. The number of furan rings is 4. The minimum absolute atomic E-state index is 0.145. The molecule has 0 atom stereocenters. The number of para-hydroxylation sites is 6. The van der Waals surface area contributed by atoms with E-state index in [1.54, 1.807) is 0 Å². The van der Waals surface area contributed by atoms with Gasteiger partial charge in [0.15, 0.2) is 0 Å². The van der Waals surface area contributed by atoms with Gasteiger partial charge in [0, 0.05) is 168 Å². The summed E-state index contributed by atoms with van der Waals surface area (Å²) in [5, 5.41) is 34.1. The molecule has 0 radical (unpaired) electrons. The fraction of sp³-hybridized carbons (Fsp3) is 0.0222. The summed E-state index contributed by atoms with van der Waals surface area (Å²) in [6.45, 7) is 4.76. The van der Waals surface area contributed by atoms with Crippen LogP contribution in [-0.2, 0) is 5.41 Å². The van der Waals surface area contributed by atoms with Gasteiger partial charge in [-0.25, -0.2) is 0 Å². The average Bonchev–Trinajstić information content (AvgIpc) is 1.45. The van der Waals surface area contributed by atoms with E-state index in [1.807, 2.05) is 63.5 Å². The molecule has 672 valence electrons. The maximum atomic E-state index is 6.96. The Morgan fingerprint density at radius 1 is 0.188 bits per heavy atom. The number of anilines is 3. The van der Waals surface area contributed by atoms with Crippen molar-refractivity contribution in [1.82, 2.24) is 0 Å². The summed E-state index contributed by atoms with van der Waals surface area (Å²) in [6, 6.07) is 162. The van der Waals surface area contributed by atoms with Crippen molar-refractivity contribution in [2.24, 2.45) is 0 Å². The SMILES string of the molecule is CC1(C)c2ccccc2-c2ccc(-c3c(-c4ccc(N(c5ccccc5)c5ccccc5)cc4)c4ccc5c6ccccc6oc5c4c4cc5c(cc34)sc3ccccc35)cc21.c1ccc2c(c1)oc1c2ccc2c(-c3cccc4c3sc3ccccc34)cc3cc4sc5ccccc5c4cc3c21.c1ccc2c(c1)oc1ccc(-c3cc4cc5sc6ccccc6c5cc4c4c3ccc3c5ccccc5oc34)cc12. The summed E-state index contributed by atoms with van der Waals surface area (Å²) < 4.78 is 37.0. The summed E-state index contributed by atoms with van der Waals surface area (Å²) in [5.74, 6) is 0. The van der Waals surface area contributed by atoms with Gasteiger partial charge in [-0.2, -0.15) is 0 Å². The summed E-state index contributed by atoms with van der Waals surface area (Å²) in [7, 11) is 0. The number of benzene rings is 24. The van der Waals surface area contributed by atoms with Crippen LogP contribution in [0, 0.1) is 0 Å². The Hall–Kier alpha value is -17.3. The Bertz CT molecular complexity index is 11100. The summed E-state index contributed by atoms with van der Waals surface area (Å²) in [6.07, 6.45) is 0. The fourth-order valence-electron chi connectivity index (χ4n) is 24.1. The lowest BCUT2D eigenvalue weighted by atomic mass is 9.79. The van der Waals surface area contributed by atoms with Crippen molar-refractivity contribution in [1.29, 1.82) is 0 Å². The predicted octanol–water partition coefficient (Wildman–Crippen LogP) is 41.5. The van der Waals surface area contributed by atoms with Crippen molar-refractivity contribution in [3.63, 3.8) is 0 Å². The number of thiophene rings is 4. The highest BCUT2D eigenvalue weighted by atomic mass is 32.1. The van der Waals surface area contributed by atoms with Crippen LogP contribution < -0.4 is 4.90 Å². The van der Waals surface area contributed by atoms with Crippen LogP contribution in [0.3, 0.4) is 0 Å². The maximum absolute atomic E-state index is 6.96. The van der Waals surface area contributed by atoms with E-state index in [9.17, 15) is 0 Å². The molecule has 32 aromatic rings. The summed E-state index contributed by atoms with van der Waals surface area (Å²) in [5.41, 5.74) is 25.7. The summed E-state index contributed by atoms with van der Waals surface area (Å²) >= 11 is 7.50. The molecule has 33 rings (SSSR count). The smallest absolute Gasteiger partial charge is 0.143 e.